The fourth-order valence-electron chi connectivity index (χ4n) is 1.82. The zero-order valence-electron chi connectivity index (χ0n) is 11.0. The third-order valence-electron chi connectivity index (χ3n) is 2.75. The molecule has 1 aromatic carbocycles. The molecular formula is C14H13F4NO. The van der Waals surface area contributed by atoms with Crippen LogP contribution in [0.4, 0.5) is 17.6 Å². The van der Waals surface area contributed by atoms with Gasteiger partial charge in [-0.15, -0.1) is 0 Å². The van der Waals surface area contributed by atoms with Crippen molar-refractivity contribution in [2.24, 2.45) is 11.8 Å². The third-order valence-corrected chi connectivity index (χ3v) is 2.75. The Balaban J connectivity index is 3.21. The van der Waals surface area contributed by atoms with E-state index in [9.17, 15) is 22.4 Å². The Kier molecular flexibility index (Phi) is 4.88. The molecule has 0 amide bonds. The predicted molar refractivity (Wildman–Crippen MR) is 64.3 cm³/mol. The summed E-state index contributed by atoms with van der Waals surface area (Å²) in [6.45, 7) is 3.53. The number of hydrogen-bond donors (Lipinski definition) is 0. The number of carbonyl (C=O) groups excluding carboxylic acids is 1. The van der Waals surface area contributed by atoms with E-state index in [0.29, 0.717) is 6.07 Å². The van der Waals surface area contributed by atoms with Gasteiger partial charge in [-0.1, -0.05) is 19.9 Å². The lowest BCUT2D eigenvalue weighted by Gasteiger charge is -2.14. The van der Waals surface area contributed by atoms with E-state index in [4.69, 9.17) is 5.26 Å². The molecule has 0 saturated heterocycles. The second-order valence-electron chi connectivity index (χ2n) is 4.84. The van der Waals surface area contributed by atoms with Crippen molar-refractivity contribution in [1.82, 2.24) is 0 Å². The summed E-state index contributed by atoms with van der Waals surface area (Å²) in [6, 6.07) is 4.22. The first kappa shape index (κ1) is 16.2. The zero-order chi connectivity index (χ0) is 15.5. The van der Waals surface area contributed by atoms with Crippen LogP contribution in [-0.2, 0) is 6.18 Å². The first-order valence-corrected chi connectivity index (χ1v) is 5.98. The van der Waals surface area contributed by atoms with E-state index < -0.39 is 34.8 Å². The van der Waals surface area contributed by atoms with E-state index >= 15 is 0 Å². The van der Waals surface area contributed by atoms with Crippen LogP contribution >= 0.6 is 0 Å². The smallest absolute Gasteiger partial charge is 0.293 e. The highest BCUT2D eigenvalue weighted by molar-refractivity contribution is 5.99. The van der Waals surface area contributed by atoms with E-state index in [1.165, 1.54) is 0 Å². The summed E-state index contributed by atoms with van der Waals surface area (Å²) < 4.78 is 51.5. The van der Waals surface area contributed by atoms with Gasteiger partial charge in [0.15, 0.2) is 5.78 Å². The van der Waals surface area contributed by atoms with Crippen LogP contribution in [0.1, 0.15) is 36.2 Å². The van der Waals surface area contributed by atoms with Crippen molar-refractivity contribution in [1.29, 1.82) is 5.26 Å². The number of rotatable bonds is 4. The highest BCUT2D eigenvalue weighted by atomic mass is 19.4. The summed E-state index contributed by atoms with van der Waals surface area (Å²) >= 11 is 0. The molecule has 0 aliphatic rings. The van der Waals surface area contributed by atoms with Gasteiger partial charge < -0.3 is 0 Å². The fraction of sp³-hybridized carbons (Fsp3) is 0.429. The molecule has 1 rings (SSSR count). The Morgan fingerprint density at radius 1 is 1.35 bits per heavy atom. The molecule has 0 aliphatic carbocycles. The summed E-state index contributed by atoms with van der Waals surface area (Å²) in [7, 11) is 0. The van der Waals surface area contributed by atoms with Crippen LogP contribution in [-0.4, -0.2) is 5.78 Å². The summed E-state index contributed by atoms with van der Waals surface area (Å²) in [4.78, 5) is 12.0. The van der Waals surface area contributed by atoms with Gasteiger partial charge in [-0.3, -0.25) is 4.79 Å². The van der Waals surface area contributed by atoms with Crippen molar-refractivity contribution < 1.29 is 22.4 Å². The molecule has 0 heterocycles. The number of carbonyl (C=O) groups is 1. The van der Waals surface area contributed by atoms with Crippen LogP contribution < -0.4 is 0 Å². The maximum atomic E-state index is 13.8. The number of nitriles is 1. The van der Waals surface area contributed by atoms with Gasteiger partial charge in [0.05, 0.1) is 17.2 Å². The monoisotopic (exact) mass is 287 g/mol. The number of nitrogens with zero attached hydrogens (tertiary/aromatic N) is 1. The molecule has 0 aliphatic heterocycles. The van der Waals surface area contributed by atoms with Gasteiger partial charge in [0.25, 0.3) is 0 Å². The molecule has 0 radical (unpaired) electrons. The molecule has 6 heteroatoms. The maximum Gasteiger partial charge on any atom is 0.419 e. The summed E-state index contributed by atoms with van der Waals surface area (Å²) in [5, 5.41) is 8.91. The molecule has 1 aromatic rings. The van der Waals surface area contributed by atoms with Crippen molar-refractivity contribution in [3.63, 3.8) is 0 Å². The molecule has 1 atom stereocenters. The lowest BCUT2D eigenvalue weighted by Crippen LogP contribution is -2.19. The Morgan fingerprint density at radius 2 is 1.95 bits per heavy atom. The number of hydrogen-bond acceptors (Lipinski definition) is 2. The number of alkyl halides is 3. The van der Waals surface area contributed by atoms with Crippen LogP contribution in [0.15, 0.2) is 18.2 Å². The molecule has 108 valence electrons. The Labute approximate surface area is 114 Å². The quantitative estimate of drug-likeness (QED) is 0.614. The summed E-state index contributed by atoms with van der Waals surface area (Å²) in [6.07, 6.45) is -4.70. The van der Waals surface area contributed by atoms with Crippen molar-refractivity contribution >= 4 is 5.78 Å². The van der Waals surface area contributed by atoms with Gasteiger partial charge in [-0.25, -0.2) is 4.39 Å². The van der Waals surface area contributed by atoms with Crippen molar-refractivity contribution in [2.75, 3.05) is 0 Å². The predicted octanol–water partition coefficient (Wildman–Crippen LogP) is 4.21. The molecule has 0 saturated carbocycles. The summed E-state index contributed by atoms with van der Waals surface area (Å²) in [5.41, 5.74) is -2.18. The van der Waals surface area contributed by atoms with Crippen molar-refractivity contribution in [3.8, 4) is 6.07 Å². The highest BCUT2D eigenvalue weighted by Gasteiger charge is 2.36. The Morgan fingerprint density at radius 3 is 2.40 bits per heavy atom. The van der Waals surface area contributed by atoms with E-state index in [1.807, 2.05) is 0 Å². The van der Waals surface area contributed by atoms with Gasteiger partial charge in [-0.2, -0.15) is 18.4 Å². The fourth-order valence-corrected chi connectivity index (χ4v) is 1.82. The van der Waals surface area contributed by atoms with Gasteiger partial charge in [0.1, 0.15) is 11.7 Å². The second kappa shape index (κ2) is 6.04. The summed E-state index contributed by atoms with van der Waals surface area (Å²) in [5.74, 6) is -3.68. The lowest BCUT2D eigenvalue weighted by atomic mass is 9.90. The van der Waals surface area contributed by atoms with Gasteiger partial charge in [0.2, 0.25) is 0 Å². The zero-order valence-corrected chi connectivity index (χ0v) is 11.0. The van der Waals surface area contributed by atoms with E-state index in [0.717, 1.165) is 12.1 Å². The molecule has 2 nitrogen and oxygen atoms in total. The SMILES string of the molecule is CC(C)CC(C#N)C(=O)c1cccc(C(F)(F)F)c1F. The number of benzene rings is 1. The molecule has 0 fully saturated rings. The molecule has 0 bridgehead atoms. The van der Waals surface area contributed by atoms with Crippen LogP contribution in [0.3, 0.4) is 0 Å². The molecular weight excluding hydrogens is 274 g/mol. The first-order valence-electron chi connectivity index (χ1n) is 5.98. The van der Waals surface area contributed by atoms with E-state index in [2.05, 4.69) is 0 Å². The molecule has 1 unspecified atom stereocenters. The topological polar surface area (TPSA) is 40.9 Å². The molecule has 20 heavy (non-hydrogen) atoms. The van der Waals surface area contributed by atoms with Gasteiger partial charge >= 0.3 is 6.18 Å². The minimum Gasteiger partial charge on any atom is -0.293 e. The second-order valence-corrected chi connectivity index (χ2v) is 4.84. The number of Topliss-reactive ketones (excluding diaryl/α,β-unsaturated/α-hetero) is 1. The van der Waals surface area contributed by atoms with Gasteiger partial charge in [0, 0.05) is 0 Å². The largest absolute Gasteiger partial charge is 0.419 e. The van der Waals surface area contributed by atoms with E-state index in [-0.39, 0.29) is 12.3 Å². The van der Waals surface area contributed by atoms with Crippen LogP contribution in [0.25, 0.3) is 0 Å². The minimum atomic E-state index is -4.87. The normalized spacial score (nSPS) is 13.1. The van der Waals surface area contributed by atoms with Crippen LogP contribution in [0.2, 0.25) is 0 Å². The standard InChI is InChI=1S/C14H13F4NO/c1-8(2)6-9(7-19)13(20)10-4-3-5-11(12(10)15)14(16,17)18/h3-5,8-9H,6H2,1-2H3. The molecule has 0 spiro atoms. The Hall–Kier alpha value is -1.90. The average molecular weight is 287 g/mol. The average Bonchev–Trinajstić information content (AvgIpc) is 2.33. The lowest BCUT2D eigenvalue weighted by molar-refractivity contribution is -0.140. The third kappa shape index (κ3) is 3.56. The number of ketones is 1. The highest BCUT2D eigenvalue weighted by Crippen LogP contribution is 2.33. The molecule has 0 aromatic heterocycles. The Bertz CT molecular complexity index is 543. The van der Waals surface area contributed by atoms with Crippen molar-refractivity contribution in [2.45, 2.75) is 26.4 Å². The minimum absolute atomic E-state index is 0.00235. The van der Waals surface area contributed by atoms with Crippen LogP contribution in [0, 0.1) is 29.0 Å². The first-order chi connectivity index (χ1) is 9.18. The van der Waals surface area contributed by atoms with Gasteiger partial charge in [-0.05, 0) is 24.5 Å². The maximum absolute atomic E-state index is 13.8. The molecule has 0 N–H and O–H groups in total. The van der Waals surface area contributed by atoms with E-state index in [1.54, 1.807) is 19.9 Å². The van der Waals surface area contributed by atoms with Crippen LogP contribution in [0.5, 0.6) is 0 Å². The number of halogens is 4. The van der Waals surface area contributed by atoms with Crippen molar-refractivity contribution in [3.05, 3.63) is 35.1 Å².